The fourth-order valence-corrected chi connectivity index (χ4v) is 2.43. The molecule has 1 aliphatic heterocycles. The summed E-state index contributed by atoms with van der Waals surface area (Å²) >= 11 is 0. The summed E-state index contributed by atoms with van der Waals surface area (Å²) < 4.78 is 43.4. The highest BCUT2D eigenvalue weighted by Gasteiger charge is 2.31. The van der Waals surface area contributed by atoms with Gasteiger partial charge in [0.25, 0.3) is 0 Å². The Bertz CT molecular complexity index is 461. The second kappa shape index (κ2) is 6.62. The lowest BCUT2D eigenvalue weighted by atomic mass is 10.2. The molecule has 0 N–H and O–H groups in total. The van der Waals surface area contributed by atoms with Crippen molar-refractivity contribution in [1.82, 2.24) is 9.88 Å². The number of hydrogen-bond donors (Lipinski definition) is 0. The molecule has 1 aromatic heterocycles. The predicted octanol–water partition coefficient (Wildman–Crippen LogP) is 2.26. The van der Waals surface area contributed by atoms with Crippen molar-refractivity contribution < 1.29 is 17.9 Å². The van der Waals surface area contributed by atoms with E-state index in [2.05, 4.69) is 16.8 Å². The van der Waals surface area contributed by atoms with Crippen molar-refractivity contribution in [3.8, 4) is 0 Å². The van der Waals surface area contributed by atoms with E-state index in [9.17, 15) is 13.2 Å². The molecule has 0 amide bonds. The van der Waals surface area contributed by atoms with Crippen LogP contribution in [0.25, 0.3) is 0 Å². The third kappa shape index (κ3) is 4.31. The second-order valence-electron chi connectivity index (χ2n) is 5.28. The van der Waals surface area contributed by atoms with Gasteiger partial charge < -0.3 is 9.64 Å². The minimum atomic E-state index is -4.34. The van der Waals surface area contributed by atoms with Crippen LogP contribution >= 0.6 is 0 Å². The van der Waals surface area contributed by atoms with Crippen LogP contribution in [0.2, 0.25) is 0 Å². The molecule has 2 heterocycles. The Morgan fingerprint density at radius 3 is 2.67 bits per heavy atom. The zero-order valence-corrected chi connectivity index (χ0v) is 12.2. The molecule has 0 spiro atoms. The summed E-state index contributed by atoms with van der Waals surface area (Å²) in [6.45, 7) is 5.80. The van der Waals surface area contributed by atoms with Crippen molar-refractivity contribution in [2.45, 2.75) is 19.1 Å². The van der Waals surface area contributed by atoms with Crippen molar-refractivity contribution in [3.05, 3.63) is 23.9 Å². The maximum atomic E-state index is 12.7. The van der Waals surface area contributed by atoms with Crippen LogP contribution in [0.15, 0.2) is 18.3 Å². The highest BCUT2D eigenvalue weighted by Crippen LogP contribution is 2.30. The van der Waals surface area contributed by atoms with E-state index in [1.54, 1.807) is 11.9 Å². The van der Waals surface area contributed by atoms with Crippen molar-refractivity contribution in [3.63, 3.8) is 0 Å². The molecule has 1 saturated heterocycles. The van der Waals surface area contributed by atoms with Crippen LogP contribution in [0.5, 0.6) is 0 Å². The standard InChI is InChI=1S/C14H20F3N3O/c1-11(20-5-7-21-8-6-20)10-19(2)13-9-12(3-4-18-13)14(15,16)17/h3-4,9,11H,5-8,10H2,1-2H3/t11-/m1/s1. The van der Waals surface area contributed by atoms with Crippen molar-refractivity contribution >= 4 is 5.82 Å². The molecular formula is C14H20F3N3O. The average molecular weight is 303 g/mol. The average Bonchev–Trinajstić information content (AvgIpc) is 2.47. The number of hydrogen-bond acceptors (Lipinski definition) is 4. The van der Waals surface area contributed by atoms with Gasteiger partial charge in [0, 0.05) is 38.9 Å². The van der Waals surface area contributed by atoms with Crippen LogP contribution in [0.4, 0.5) is 19.0 Å². The first-order chi connectivity index (χ1) is 9.88. The van der Waals surface area contributed by atoms with Crippen LogP contribution in [0, 0.1) is 0 Å². The van der Waals surface area contributed by atoms with E-state index in [0.717, 1.165) is 25.2 Å². The van der Waals surface area contributed by atoms with Gasteiger partial charge in [0.05, 0.1) is 18.8 Å². The molecule has 7 heteroatoms. The highest BCUT2D eigenvalue weighted by atomic mass is 19.4. The van der Waals surface area contributed by atoms with Crippen LogP contribution in [0.3, 0.4) is 0 Å². The van der Waals surface area contributed by atoms with Crippen LogP contribution in [0.1, 0.15) is 12.5 Å². The van der Waals surface area contributed by atoms with Gasteiger partial charge in [-0.2, -0.15) is 13.2 Å². The van der Waals surface area contributed by atoms with Crippen molar-refractivity contribution in [2.24, 2.45) is 0 Å². The summed E-state index contributed by atoms with van der Waals surface area (Å²) in [5.74, 6) is 0.338. The molecule has 4 nitrogen and oxygen atoms in total. The molecule has 1 aliphatic rings. The number of morpholine rings is 1. The lowest BCUT2D eigenvalue weighted by molar-refractivity contribution is -0.137. The molecule has 1 fully saturated rings. The number of likely N-dealkylation sites (N-methyl/N-ethyl adjacent to an activating group) is 1. The summed E-state index contributed by atoms with van der Waals surface area (Å²) in [5.41, 5.74) is -0.668. The zero-order chi connectivity index (χ0) is 15.5. The normalized spacial score (nSPS) is 18.5. The molecule has 1 aromatic rings. The van der Waals surface area contributed by atoms with E-state index < -0.39 is 11.7 Å². The van der Waals surface area contributed by atoms with Gasteiger partial charge in [0.2, 0.25) is 0 Å². The molecule has 118 valence electrons. The first-order valence-electron chi connectivity index (χ1n) is 6.94. The molecule has 21 heavy (non-hydrogen) atoms. The molecule has 1 atom stereocenters. The molecule has 0 bridgehead atoms. The van der Waals surface area contributed by atoms with Gasteiger partial charge >= 0.3 is 6.18 Å². The Morgan fingerprint density at radius 1 is 1.38 bits per heavy atom. The SMILES string of the molecule is C[C@H](CN(C)c1cc(C(F)(F)F)ccn1)N1CCOCC1. The molecule has 0 radical (unpaired) electrons. The number of anilines is 1. The van der Waals surface area contributed by atoms with E-state index >= 15 is 0 Å². The smallest absolute Gasteiger partial charge is 0.379 e. The predicted molar refractivity (Wildman–Crippen MR) is 74.4 cm³/mol. The maximum absolute atomic E-state index is 12.7. The van der Waals surface area contributed by atoms with Gasteiger partial charge in [-0.05, 0) is 19.1 Å². The summed E-state index contributed by atoms with van der Waals surface area (Å²) in [4.78, 5) is 8.06. The van der Waals surface area contributed by atoms with Crippen LogP contribution < -0.4 is 4.90 Å². The molecule has 0 unspecified atom stereocenters. The fraction of sp³-hybridized carbons (Fsp3) is 0.643. The molecule has 0 aromatic carbocycles. The van der Waals surface area contributed by atoms with Gasteiger partial charge in [0.1, 0.15) is 5.82 Å². The molecule has 0 aliphatic carbocycles. The van der Waals surface area contributed by atoms with Gasteiger partial charge in [-0.15, -0.1) is 0 Å². The summed E-state index contributed by atoms with van der Waals surface area (Å²) in [6.07, 6.45) is -3.14. The number of alkyl halides is 3. The van der Waals surface area contributed by atoms with Gasteiger partial charge in [-0.25, -0.2) is 4.98 Å². The Labute approximate surface area is 122 Å². The van der Waals surface area contributed by atoms with E-state index in [1.807, 2.05) is 0 Å². The summed E-state index contributed by atoms with van der Waals surface area (Å²) in [7, 11) is 1.76. The Kier molecular flexibility index (Phi) is 5.05. The zero-order valence-electron chi connectivity index (χ0n) is 12.2. The van der Waals surface area contributed by atoms with E-state index in [4.69, 9.17) is 4.74 Å². The largest absolute Gasteiger partial charge is 0.416 e. The lowest BCUT2D eigenvalue weighted by Gasteiger charge is -2.34. The van der Waals surface area contributed by atoms with Crippen LogP contribution in [-0.4, -0.2) is 55.8 Å². The first-order valence-corrected chi connectivity index (χ1v) is 6.94. The van der Waals surface area contributed by atoms with E-state index in [1.165, 1.54) is 6.20 Å². The molecule has 0 saturated carbocycles. The Hall–Kier alpha value is -1.34. The molecule has 2 rings (SSSR count). The first kappa shape index (κ1) is 16.0. The number of pyridine rings is 1. The minimum Gasteiger partial charge on any atom is -0.379 e. The minimum absolute atomic E-state index is 0.232. The summed E-state index contributed by atoms with van der Waals surface area (Å²) in [5, 5.41) is 0. The van der Waals surface area contributed by atoms with E-state index in [-0.39, 0.29) is 6.04 Å². The summed E-state index contributed by atoms with van der Waals surface area (Å²) in [6, 6.07) is 2.31. The molecular weight excluding hydrogens is 283 g/mol. The Balaban J connectivity index is 2.01. The number of aromatic nitrogens is 1. The highest BCUT2D eigenvalue weighted by molar-refractivity contribution is 5.41. The number of halogens is 3. The van der Waals surface area contributed by atoms with Gasteiger partial charge in [-0.3, -0.25) is 4.90 Å². The lowest BCUT2D eigenvalue weighted by Crippen LogP contribution is -2.46. The van der Waals surface area contributed by atoms with Crippen molar-refractivity contribution in [1.29, 1.82) is 0 Å². The topological polar surface area (TPSA) is 28.6 Å². The number of nitrogens with zero attached hydrogens (tertiary/aromatic N) is 3. The van der Waals surface area contributed by atoms with Crippen LogP contribution in [-0.2, 0) is 10.9 Å². The second-order valence-corrected chi connectivity index (χ2v) is 5.28. The monoisotopic (exact) mass is 303 g/mol. The number of rotatable bonds is 4. The third-order valence-corrected chi connectivity index (χ3v) is 3.67. The van der Waals surface area contributed by atoms with E-state index in [0.29, 0.717) is 25.6 Å². The quantitative estimate of drug-likeness (QED) is 0.853. The fourth-order valence-electron chi connectivity index (χ4n) is 2.43. The third-order valence-electron chi connectivity index (χ3n) is 3.67. The van der Waals surface area contributed by atoms with Crippen molar-refractivity contribution in [2.75, 3.05) is 44.8 Å². The maximum Gasteiger partial charge on any atom is 0.416 e. The van der Waals surface area contributed by atoms with Gasteiger partial charge in [0.15, 0.2) is 0 Å². The Morgan fingerprint density at radius 2 is 2.05 bits per heavy atom. The number of ether oxygens (including phenoxy) is 1. The van der Waals surface area contributed by atoms with Gasteiger partial charge in [-0.1, -0.05) is 0 Å².